The maximum atomic E-state index is 13.1. The molecule has 0 aromatic carbocycles. The smallest absolute Gasteiger partial charge is 0.268 e. The molecule has 0 aliphatic heterocycles. The highest BCUT2D eigenvalue weighted by Crippen LogP contribution is 2.38. The summed E-state index contributed by atoms with van der Waals surface area (Å²) in [6.45, 7) is 4.57. The molecule has 0 bridgehead atoms. The summed E-state index contributed by atoms with van der Waals surface area (Å²) in [5.41, 5.74) is 0. The number of unbranched alkanes of at least 4 members (excludes halogenated alkanes) is 48. The summed E-state index contributed by atoms with van der Waals surface area (Å²) in [6, 6.07) is -0.908. The Kier molecular flexibility index (Phi) is 70.1. The third-order valence-electron chi connectivity index (χ3n) is 17.8. The Morgan fingerprint density at radius 2 is 0.681 bits per heavy atom. The normalized spacial score (nSPS) is 14.0. The topological polar surface area (TPSA) is 108 Å². The third-order valence-corrected chi connectivity index (χ3v) is 18.8. The first-order valence-corrected chi connectivity index (χ1v) is 40.9. The average Bonchev–Trinajstić information content (AvgIpc) is 3.42. The van der Waals surface area contributed by atoms with E-state index in [4.69, 9.17) is 9.05 Å². The lowest BCUT2D eigenvalue weighted by Crippen LogP contribution is -2.45. The zero-order valence-corrected chi connectivity index (χ0v) is 61.9. The third kappa shape index (κ3) is 74.9. The van der Waals surface area contributed by atoms with Crippen LogP contribution in [-0.4, -0.2) is 68.5 Å². The van der Waals surface area contributed by atoms with E-state index in [0.29, 0.717) is 17.4 Å². The van der Waals surface area contributed by atoms with Crippen molar-refractivity contribution in [3.8, 4) is 0 Å². The summed E-state index contributed by atoms with van der Waals surface area (Å²) >= 11 is 0. The molecule has 0 heterocycles. The number of hydrogen-bond donors (Lipinski definition) is 2. The molecule has 3 atom stereocenters. The molecule has 0 saturated carbocycles. The molecular weight excluding hydrogens is 1140 g/mol. The largest absolute Gasteiger partial charge is 0.756 e. The van der Waals surface area contributed by atoms with Crippen molar-refractivity contribution >= 4 is 13.7 Å². The lowest BCUT2D eigenvalue weighted by Gasteiger charge is -2.29. The number of rotatable bonds is 73. The number of amides is 1. The van der Waals surface area contributed by atoms with Crippen LogP contribution in [-0.2, 0) is 18.4 Å². The highest BCUT2D eigenvalue weighted by atomic mass is 31.2. The van der Waals surface area contributed by atoms with Gasteiger partial charge in [-0.25, -0.2) is 0 Å². The van der Waals surface area contributed by atoms with Crippen LogP contribution in [0.1, 0.15) is 380 Å². The van der Waals surface area contributed by atoms with Crippen molar-refractivity contribution in [2.24, 2.45) is 0 Å². The highest BCUT2D eigenvalue weighted by molar-refractivity contribution is 7.45. The summed E-state index contributed by atoms with van der Waals surface area (Å²) in [7, 11) is 1.26. The van der Waals surface area contributed by atoms with E-state index < -0.39 is 26.6 Å². The number of aliphatic hydroxyl groups excluding tert-OH is 1. The molecule has 9 heteroatoms. The molecule has 0 aromatic rings. The minimum Gasteiger partial charge on any atom is -0.756 e. The van der Waals surface area contributed by atoms with E-state index in [1.807, 2.05) is 27.2 Å². The number of aliphatic hydroxyl groups is 1. The van der Waals surface area contributed by atoms with Gasteiger partial charge in [-0.05, 0) is 77.0 Å². The van der Waals surface area contributed by atoms with Crippen LogP contribution in [0.3, 0.4) is 0 Å². The van der Waals surface area contributed by atoms with Crippen LogP contribution in [0.25, 0.3) is 0 Å². The molecule has 0 aliphatic carbocycles. The van der Waals surface area contributed by atoms with E-state index in [2.05, 4.69) is 92.1 Å². The van der Waals surface area contributed by atoms with E-state index >= 15 is 0 Å². The predicted octanol–water partition coefficient (Wildman–Crippen LogP) is 25.2. The zero-order valence-electron chi connectivity index (χ0n) is 61.0. The van der Waals surface area contributed by atoms with Gasteiger partial charge in [0.2, 0.25) is 5.91 Å². The van der Waals surface area contributed by atoms with Crippen molar-refractivity contribution in [3.63, 3.8) is 0 Å². The zero-order chi connectivity index (χ0) is 66.2. The Hall–Kier alpha value is -2.32. The van der Waals surface area contributed by atoms with Gasteiger partial charge in [-0.1, -0.05) is 381 Å². The van der Waals surface area contributed by atoms with E-state index in [9.17, 15) is 19.4 Å². The standard InChI is InChI=1S/C82H153N2O6P/c1-6-8-10-12-14-16-18-20-22-24-26-28-30-32-34-36-38-40-41-42-43-44-46-48-50-52-54-56-58-60-62-64-66-68-70-72-74-76-82(86)83-80(79-90-91(87,88)89-78-77-84(3,4)5)81(85)75-73-71-69-67-65-63-61-59-57-55-53-51-49-47-45-39-37-35-33-31-29-27-25-23-21-19-17-15-13-11-9-7-2/h8,10,14,16,20,22,26,28,32,34,65,67,73,75,80-81,85H,6-7,9,11-13,15,17-19,21,23-25,27,29-31,33,35-64,66,68-72,74,76-79H2,1-5H3,(H-,83,86,87,88)/b10-8-,16-14-,22-20-,28-26-,34-32-,67-65+,75-73+. The summed E-state index contributed by atoms with van der Waals surface area (Å²) < 4.78 is 23.5. The molecule has 0 fully saturated rings. The van der Waals surface area contributed by atoms with Crippen molar-refractivity contribution in [2.45, 2.75) is 392 Å². The second-order valence-corrected chi connectivity index (χ2v) is 29.4. The van der Waals surface area contributed by atoms with Crippen molar-refractivity contribution in [1.29, 1.82) is 0 Å². The van der Waals surface area contributed by atoms with E-state index in [1.165, 1.54) is 289 Å². The van der Waals surface area contributed by atoms with Crippen molar-refractivity contribution < 1.29 is 32.9 Å². The fourth-order valence-corrected chi connectivity index (χ4v) is 12.5. The van der Waals surface area contributed by atoms with Crippen LogP contribution >= 0.6 is 7.82 Å². The Morgan fingerprint density at radius 1 is 0.396 bits per heavy atom. The van der Waals surface area contributed by atoms with Crippen LogP contribution in [0.15, 0.2) is 85.1 Å². The first-order valence-electron chi connectivity index (χ1n) is 39.4. The van der Waals surface area contributed by atoms with Crippen LogP contribution in [0.2, 0.25) is 0 Å². The summed E-state index contributed by atoms with van der Waals surface area (Å²) in [4.78, 5) is 25.7. The van der Waals surface area contributed by atoms with Crippen molar-refractivity contribution in [1.82, 2.24) is 5.32 Å². The van der Waals surface area contributed by atoms with E-state index in [-0.39, 0.29) is 12.5 Å². The molecule has 0 rings (SSSR count). The monoisotopic (exact) mass is 1290 g/mol. The number of hydrogen-bond acceptors (Lipinski definition) is 6. The maximum absolute atomic E-state index is 13.1. The Labute approximate surface area is 567 Å². The van der Waals surface area contributed by atoms with Gasteiger partial charge in [0.15, 0.2) is 0 Å². The molecule has 0 radical (unpaired) electrons. The number of allylic oxidation sites excluding steroid dienone is 13. The molecule has 8 nitrogen and oxygen atoms in total. The molecule has 2 N–H and O–H groups in total. The number of nitrogens with one attached hydrogen (secondary N) is 1. The number of likely N-dealkylation sites (N-methyl/N-ethyl adjacent to an activating group) is 1. The SMILES string of the molecule is CC/C=C\C/C=C\C/C=C\C/C=C\C/C=C\CCCCCCCCCCCCCCCCCCCCCCCC(=O)NC(COP(=O)([O-])OCC[N+](C)(C)C)C(O)/C=C/CC/C=C/CCCCCCCCCCCCCCCCCCCCCCCCCCCC. The number of nitrogens with zero attached hydrogens (tertiary/aromatic N) is 1. The molecule has 532 valence electrons. The molecule has 0 aliphatic rings. The number of carbonyl (C=O) groups is 1. The van der Waals surface area contributed by atoms with Crippen LogP contribution < -0.4 is 10.2 Å². The number of carbonyl (C=O) groups excluding carboxylic acids is 1. The van der Waals surface area contributed by atoms with Crippen LogP contribution in [0.5, 0.6) is 0 Å². The molecule has 0 spiro atoms. The fourth-order valence-electron chi connectivity index (χ4n) is 11.8. The van der Waals surface area contributed by atoms with Gasteiger partial charge in [-0.2, -0.15) is 0 Å². The first-order chi connectivity index (χ1) is 44.5. The van der Waals surface area contributed by atoms with E-state index in [0.717, 1.165) is 70.6 Å². The Morgan fingerprint density at radius 3 is 1.02 bits per heavy atom. The quantitative estimate of drug-likeness (QED) is 0.0272. The molecule has 91 heavy (non-hydrogen) atoms. The number of quaternary nitrogens is 1. The fraction of sp³-hybridized carbons (Fsp3) is 0.817. The Bertz CT molecular complexity index is 1760. The van der Waals surface area contributed by atoms with E-state index in [1.54, 1.807) is 6.08 Å². The van der Waals surface area contributed by atoms with Crippen molar-refractivity contribution in [2.75, 3.05) is 40.9 Å². The number of phosphoric acid groups is 1. The predicted molar refractivity (Wildman–Crippen MR) is 399 cm³/mol. The van der Waals surface area contributed by atoms with Gasteiger partial charge in [0, 0.05) is 6.42 Å². The van der Waals surface area contributed by atoms with Gasteiger partial charge in [-0.15, -0.1) is 0 Å². The lowest BCUT2D eigenvalue weighted by molar-refractivity contribution is -0.870. The van der Waals surface area contributed by atoms with Gasteiger partial charge < -0.3 is 28.8 Å². The summed E-state index contributed by atoms with van der Waals surface area (Å²) in [6.07, 6.45) is 103. The van der Waals surface area contributed by atoms with Crippen LogP contribution in [0.4, 0.5) is 0 Å². The lowest BCUT2D eigenvalue weighted by atomic mass is 10.0. The second kappa shape index (κ2) is 72.0. The van der Waals surface area contributed by atoms with Crippen molar-refractivity contribution in [3.05, 3.63) is 85.1 Å². The summed E-state index contributed by atoms with van der Waals surface area (Å²) in [5.74, 6) is -0.202. The maximum Gasteiger partial charge on any atom is 0.268 e. The second-order valence-electron chi connectivity index (χ2n) is 28.0. The number of phosphoric ester groups is 1. The molecule has 1 amide bonds. The molecule has 3 unspecified atom stereocenters. The summed E-state index contributed by atoms with van der Waals surface area (Å²) in [5, 5.41) is 14.0. The first kappa shape index (κ1) is 88.7. The molecule has 0 saturated heterocycles. The minimum atomic E-state index is -4.62. The molecular formula is C82H153N2O6P. The minimum absolute atomic E-state index is 0.00673. The van der Waals surface area contributed by atoms with Gasteiger partial charge in [0.1, 0.15) is 13.2 Å². The van der Waals surface area contributed by atoms with Gasteiger partial charge in [-0.3, -0.25) is 9.36 Å². The highest BCUT2D eigenvalue weighted by Gasteiger charge is 2.23. The van der Waals surface area contributed by atoms with Gasteiger partial charge in [0.25, 0.3) is 7.82 Å². The molecule has 0 aromatic heterocycles. The van der Waals surface area contributed by atoms with Crippen LogP contribution in [0, 0.1) is 0 Å². The van der Waals surface area contributed by atoms with Gasteiger partial charge in [0.05, 0.1) is 39.9 Å². The van der Waals surface area contributed by atoms with Gasteiger partial charge >= 0.3 is 0 Å². The average molecular weight is 1290 g/mol. The Balaban J connectivity index is 4.00.